The Bertz CT molecular complexity index is 1460. The molecule has 2 aliphatic rings. The first kappa shape index (κ1) is 33.1. The van der Waals surface area contributed by atoms with Crippen molar-refractivity contribution in [2.75, 3.05) is 51.1 Å². The van der Waals surface area contributed by atoms with Gasteiger partial charge in [0, 0.05) is 38.4 Å². The van der Waals surface area contributed by atoms with Crippen molar-refractivity contribution in [1.82, 2.24) is 9.88 Å². The Kier molecular flexibility index (Phi) is 11.3. The number of benzene rings is 2. The van der Waals surface area contributed by atoms with Crippen LogP contribution in [-0.4, -0.2) is 73.7 Å². The number of hydroxylamine groups is 1. The van der Waals surface area contributed by atoms with Crippen LogP contribution in [0.1, 0.15) is 40.4 Å². The van der Waals surface area contributed by atoms with Gasteiger partial charge >= 0.3 is 12.6 Å². The van der Waals surface area contributed by atoms with E-state index in [4.69, 9.17) is 37.4 Å². The monoisotopic (exact) mass is 669 g/mol. The molecular formula is C31H32Cl2F3N3O6. The number of hydrogen-bond donors (Lipinski definition) is 1. The van der Waals surface area contributed by atoms with Crippen molar-refractivity contribution in [2.24, 2.45) is 5.92 Å². The van der Waals surface area contributed by atoms with Crippen LogP contribution < -0.4 is 14.5 Å². The van der Waals surface area contributed by atoms with Gasteiger partial charge in [0.25, 0.3) is 0 Å². The van der Waals surface area contributed by atoms with Crippen molar-refractivity contribution in [3.8, 4) is 11.5 Å². The minimum absolute atomic E-state index is 0.0111. The third kappa shape index (κ3) is 9.14. The summed E-state index contributed by atoms with van der Waals surface area (Å²) in [7, 11) is 0. The fourth-order valence-corrected chi connectivity index (χ4v) is 5.30. The number of ether oxygens (including phenoxy) is 4. The summed E-state index contributed by atoms with van der Waals surface area (Å²) >= 11 is 12.8. The van der Waals surface area contributed by atoms with E-state index < -0.39 is 24.5 Å². The van der Waals surface area contributed by atoms with Crippen molar-refractivity contribution in [3.05, 3.63) is 81.3 Å². The van der Waals surface area contributed by atoms with Crippen molar-refractivity contribution in [1.29, 1.82) is 0 Å². The van der Waals surface area contributed by atoms with Gasteiger partial charge in [-0.05, 0) is 60.2 Å². The number of carbonyl (C=O) groups is 1. The predicted octanol–water partition coefficient (Wildman–Crippen LogP) is 6.59. The lowest BCUT2D eigenvalue weighted by Gasteiger charge is -2.28. The summed E-state index contributed by atoms with van der Waals surface area (Å²) in [4.78, 5) is 19.5. The van der Waals surface area contributed by atoms with E-state index >= 15 is 0 Å². The molecule has 0 radical (unpaired) electrons. The number of esters is 1. The molecule has 45 heavy (non-hydrogen) atoms. The molecule has 1 aliphatic heterocycles. The van der Waals surface area contributed by atoms with E-state index in [2.05, 4.69) is 14.6 Å². The van der Waals surface area contributed by atoms with E-state index in [0.717, 1.165) is 24.0 Å². The Morgan fingerprint density at radius 1 is 1.09 bits per heavy atom. The van der Waals surface area contributed by atoms with Crippen LogP contribution in [0.5, 0.6) is 11.5 Å². The van der Waals surface area contributed by atoms with Crippen LogP contribution in [-0.2, 0) is 15.9 Å². The van der Waals surface area contributed by atoms with Crippen LogP contribution in [0.2, 0.25) is 10.0 Å². The number of alkyl halides is 2. The van der Waals surface area contributed by atoms with Crippen molar-refractivity contribution in [3.63, 3.8) is 0 Å². The third-order valence-corrected chi connectivity index (χ3v) is 8.16. The molecule has 2 aromatic carbocycles. The van der Waals surface area contributed by atoms with Crippen LogP contribution in [0, 0.1) is 11.7 Å². The second-order valence-corrected chi connectivity index (χ2v) is 11.6. The quantitative estimate of drug-likeness (QED) is 0.151. The molecule has 0 bridgehead atoms. The van der Waals surface area contributed by atoms with Gasteiger partial charge < -0.3 is 18.9 Å². The molecule has 1 saturated heterocycles. The smallest absolute Gasteiger partial charge is 0.387 e. The van der Waals surface area contributed by atoms with Crippen molar-refractivity contribution >= 4 is 34.9 Å². The largest absolute Gasteiger partial charge is 0.489 e. The molecule has 0 spiro atoms. The first-order chi connectivity index (χ1) is 21.7. The topological polar surface area (TPSA) is 93.6 Å². The van der Waals surface area contributed by atoms with Gasteiger partial charge in [0.05, 0.1) is 47.7 Å². The maximum atomic E-state index is 14.8. The Balaban J connectivity index is 1.40. The molecule has 1 aromatic heterocycles. The highest BCUT2D eigenvalue weighted by atomic mass is 35.5. The van der Waals surface area contributed by atoms with E-state index in [9.17, 15) is 23.2 Å². The Labute approximate surface area is 268 Å². The molecule has 3 aromatic rings. The average molecular weight is 671 g/mol. The summed E-state index contributed by atoms with van der Waals surface area (Å²) in [5.41, 5.74) is 0.593. The first-order valence-corrected chi connectivity index (χ1v) is 15.2. The number of nitrogens with zero attached hydrogens (tertiary/aromatic N) is 3. The molecule has 0 amide bonds. The summed E-state index contributed by atoms with van der Waals surface area (Å²) in [6.07, 6.45) is 3.68. The number of pyridine rings is 1. The summed E-state index contributed by atoms with van der Waals surface area (Å²) in [5, 5.41) is 11.8. The fourth-order valence-electron chi connectivity index (χ4n) is 4.79. The highest BCUT2D eigenvalue weighted by Crippen LogP contribution is 2.38. The summed E-state index contributed by atoms with van der Waals surface area (Å²) in [6.45, 7) is 0.332. The van der Waals surface area contributed by atoms with Gasteiger partial charge in [-0.2, -0.15) is 8.78 Å². The summed E-state index contributed by atoms with van der Waals surface area (Å²) < 4.78 is 62.7. The number of anilines is 1. The number of hydrogen-bond acceptors (Lipinski definition) is 9. The molecule has 9 nitrogen and oxygen atoms in total. The van der Waals surface area contributed by atoms with Crippen LogP contribution in [0.15, 0.2) is 48.8 Å². The Morgan fingerprint density at radius 3 is 2.51 bits per heavy atom. The van der Waals surface area contributed by atoms with Gasteiger partial charge in [-0.25, -0.2) is 9.18 Å². The molecule has 0 unspecified atom stereocenters. The molecule has 1 saturated carbocycles. The van der Waals surface area contributed by atoms with Crippen molar-refractivity contribution in [2.45, 2.75) is 32.0 Å². The normalized spacial score (nSPS) is 16.0. The first-order valence-electron chi connectivity index (χ1n) is 14.4. The second kappa shape index (κ2) is 15.3. The van der Waals surface area contributed by atoms with Gasteiger partial charge in [-0.3, -0.25) is 20.2 Å². The minimum atomic E-state index is -3.07. The average Bonchev–Trinajstić information content (AvgIpc) is 3.86. The van der Waals surface area contributed by atoms with Crippen LogP contribution in [0.25, 0.3) is 0 Å². The SMILES string of the molecule is O=C(O[C@@H](Cc1c(Cl)cncc1Cl)c1ccc(OC(F)F)c(OCC2CC2)c1)c1ccc(F)c(N(O)CCN2CCOCC2)c1. The van der Waals surface area contributed by atoms with Gasteiger partial charge in [0.15, 0.2) is 11.5 Å². The molecule has 5 rings (SSSR count). The van der Waals surface area contributed by atoms with Gasteiger partial charge in [-0.15, -0.1) is 0 Å². The lowest BCUT2D eigenvalue weighted by Crippen LogP contribution is -2.41. The highest BCUT2D eigenvalue weighted by molar-refractivity contribution is 6.35. The number of aromatic nitrogens is 1. The molecule has 1 N–H and O–H groups in total. The predicted molar refractivity (Wildman–Crippen MR) is 160 cm³/mol. The van der Waals surface area contributed by atoms with E-state index in [1.54, 1.807) is 0 Å². The van der Waals surface area contributed by atoms with Gasteiger partial charge in [0.1, 0.15) is 11.9 Å². The van der Waals surface area contributed by atoms with E-state index in [1.165, 1.54) is 42.7 Å². The highest BCUT2D eigenvalue weighted by Gasteiger charge is 2.27. The maximum absolute atomic E-state index is 14.8. The number of halogens is 5. The molecule has 14 heteroatoms. The zero-order chi connectivity index (χ0) is 31.9. The standard InChI is InChI=1S/C31H32Cl2F3N3O6/c32-23-16-37-17-24(33)22(23)15-28(20-4-6-27(45-31(35)36)29(14-20)43-18-19-1-2-19)44-30(40)21-3-5-25(34)26(13-21)39(41)8-7-38-9-11-42-12-10-38/h3-6,13-14,16-17,19,28,31,41H,1-2,7-12,15,18H2/t28-/m0/s1. The van der Waals surface area contributed by atoms with E-state index in [0.29, 0.717) is 56.5 Å². The summed E-state index contributed by atoms with van der Waals surface area (Å²) in [5.74, 6) is -1.34. The Morgan fingerprint density at radius 2 is 1.82 bits per heavy atom. The fraction of sp³-hybridized carbons (Fsp3) is 0.419. The molecule has 242 valence electrons. The number of carbonyl (C=O) groups excluding carboxylic acids is 1. The second-order valence-electron chi connectivity index (χ2n) is 10.8. The molecule has 2 heterocycles. The van der Waals surface area contributed by atoms with E-state index in [-0.39, 0.29) is 45.8 Å². The number of rotatable bonds is 14. The van der Waals surface area contributed by atoms with Crippen molar-refractivity contribution < 1.29 is 42.1 Å². The zero-order valence-electron chi connectivity index (χ0n) is 24.1. The van der Waals surface area contributed by atoms with E-state index in [1.807, 2.05) is 0 Å². The van der Waals surface area contributed by atoms with Crippen LogP contribution >= 0.6 is 23.2 Å². The van der Waals surface area contributed by atoms with Gasteiger partial charge in [0.2, 0.25) is 0 Å². The molecule has 1 aliphatic carbocycles. The zero-order valence-corrected chi connectivity index (χ0v) is 25.7. The van der Waals surface area contributed by atoms with Crippen LogP contribution in [0.4, 0.5) is 18.9 Å². The van der Waals surface area contributed by atoms with Crippen LogP contribution in [0.3, 0.4) is 0 Å². The molecule has 1 atom stereocenters. The lowest BCUT2D eigenvalue weighted by atomic mass is 10.0. The van der Waals surface area contributed by atoms with Gasteiger partial charge in [-0.1, -0.05) is 29.3 Å². The minimum Gasteiger partial charge on any atom is -0.489 e. The lowest BCUT2D eigenvalue weighted by molar-refractivity contribution is -0.0515. The maximum Gasteiger partial charge on any atom is 0.387 e. The molecular weight excluding hydrogens is 638 g/mol. The number of morpholine rings is 1. The third-order valence-electron chi connectivity index (χ3n) is 7.51. The summed E-state index contributed by atoms with van der Waals surface area (Å²) in [6, 6.07) is 7.76. The molecule has 2 fully saturated rings. The Hall–Kier alpha value is -3.29.